The molecule has 0 spiro atoms. The van der Waals surface area contributed by atoms with E-state index in [1.165, 1.54) is 0 Å². The van der Waals surface area contributed by atoms with E-state index in [0.29, 0.717) is 5.92 Å². The monoisotopic (exact) mass is 300 g/mol. The molecule has 1 amide bonds. The highest BCUT2D eigenvalue weighted by Gasteiger charge is 2.46. The average Bonchev–Trinajstić information content (AvgIpc) is 3.01. The SMILES string of the molecule is CCNC1(C(N)=O)CCCC1CCSc1nncs1. The minimum absolute atomic E-state index is 0.197. The summed E-state index contributed by atoms with van der Waals surface area (Å²) in [5.74, 6) is 1.10. The molecule has 1 aromatic heterocycles. The molecule has 0 radical (unpaired) electrons. The number of rotatable bonds is 7. The zero-order chi connectivity index (χ0) is 13.7. The number of amides is 1. The van der Waals surface area contributed by atoms with Crippen molar-refractivity contribution >= 4 is 29.0 Å². The highest BCUT2D eigenvalue weighted by atomic mass is 32.2. The van der Waals surface area contributed by atoms with E-state index in [4.69, 9.17) is 5.73 Å². The first-order valence-corrected chi connectivity index (χ1v) is 8.49. The molecule has 1 aliphatic rings. The third kappa shape index (κ3) is 3.27. The van der Waals surface area contributed by atoms with Crippen LogP contribution < -0.4 is 11.1 Å². The second-order valence-electron chi connectivity index (χ2n) is 4.80. The number of nitrogens with zero attached hydrogens (tertiary/aromatic N) is 2. The van der Waals surface area contributed by atoms with E-state index in [-0.39, 0.29) is 5.91 Å². The van der Waals surface area contributed by atoms with Gasteiger partial charge in [0.1, 0.15) is 11.0 Å². The van der Waals surface area contributed by atoms with Gasteiger partial charge in [-0.2, -0.15) is 0 Å². The second kappa shape index (κ2) is 6.67. The number of primary amides is 1. The summed E-state index contributed by atoms with van der Waals surface area (Å²) in [5.41, 5.74) is 6.90. The molecule has 1 aliphatic carbocycles. The van der Waals surface area contributed by atoms with Gasteiger partial charge in [0.05, 0.1) is 0 Å². The van der Waals surface area contributed by atoms with Crippen molar-refractivity contribution in [2.24, 2.45) is 11.7 Å². The summed E-state index contributed by atoms with van der Waals surface area (Å²) in [6, 6.07) is 0. The van der Waals surface area contributed by atoms with E-state index in [0.717, 1.165) is 42.3 Å². The van der Waals surface area contributed by atoms with Crippen molar-refractivity contribution in [3.05, 3.63) is 5.51 Å². The Balaban J connectivity index is 1.92. The number of thioether (sulfide) groups is 1. The fourth-order valence-corrected chi connectivity index (χ4v) is 4.55. The minimum Gasteiger partial charge on any atom is -0.368 e. The standard InChI is InChI=1S/C12H20N4OS2/c1-2-14-12(10(13)17)6-3-4-9(12)5-7-18-11-16-15-8-19-11/h8-9,14H,2-7H2,1H3,(H2,13,17). The van der Waals surface area contributed by atoms with Crippen LogP contribution in [0.2, 0.25) is 0 Å². The number of likely N-dealkylation sites (N-methyl/N-ethyl adjacent to an activating group) is 1. The quantitative estimate of drug-likeness (QED) is 0.748. The number of carbonyl (C=O) groups is 1. The molecular formula is C12H20N4OS2. The van der Waals surface area contributed by atoms with Crippen molar-refractivity contribution in [2.45, 2.75) is 42.5 Å². The molecule has 0 saturated heterocycles. The fourth-order valence-electron chi connectivity index (χ4n) is 2.94. The van der Waals surface area contributed by atoms with E-state index in [1.807, 2.05) is 6.92 Å². The van der Waals surface area contributed by atoms with Crippen molar-refractivity contribution in [1.82, 2.24) is 15.5 Å². The van der Waals surface area contributed by atoms with Crippen molar-refractivity contribution in [3.63, 3.8) is 0 Å². The smallest absolute Gasteiger partial charge is 0.238 e. The largest absolute Gasteiger partial charge is 0.368 e. The summed E-state index contributed by atoms with van der Waals surface area (Å²) < 4.78 is 0.992. The van der Waals surface area contributed by atoms with Crippen LogP contribution in [0.1, 0.15) is 32.6 Å². The number of hydrogen-bond acceptors (Lipinski definition) is 6. The van der Waals surface area contributed by atoms with Crippen LogP contribution in [0.3, 0.4) is 0 Å². The summed E-state index contributed by atoms with van der Waals surface area (Å²) in [4.78, 5) is 11.8. The van der Waals surface area contributed by atoms with Crippen LogP contribution in [0.15, 0.2) is 9.85 Å². The van der Waals surface area contributed by atoms with Gasteiger partial charge >= 0.3 is 0 Å². The first-order valence-electron chi connectivity index (χ1n) is 6.63. The molecule has 1 saturated carbocycles. The van der Waals surface area contributed by atoms with Crippen LogP contribution in [-0.4, -0.2) is 33.9 Å². The normalized spacial score (nSPS) is 26.7. The fraction of sp³-hybridized carbons (Fsp3) is 0.750. The van der Waals surface area contributed by atoms with Crippen LogP contribution in [0, 0.1) is 5.92 Å². The molecule has 7 heteroatoms. The van der Waals surface area contributed by atoms with Crippen molar-refractivity contribution in [1.29, 1.82) is 0 Å². The molecule has 19 heavy (non-hydrogen) atoms. The lowest BCUT2D eigenvalue weighted by Crippen LogP contribution is -2.57. The molecular weight excluding hydrogens is 280 g/mol. The summed E-state index contributed by atoms with van der Waals surface area (Å²) in [6.07, 6.45) is 4.00. The Bertz CT molecular complexity index is 412. The topological polar surface area (TPSA) is 80.9 Å². The van der Waals surface area contributed by atoms with Gasteiger partial charge in [-0.05, 0) is 31.7 Å². The maximum atomic E-state index is 11.8. The predicted octanol–water partition coefficient (Wildman–Crippen LogP) is 1.65. The van der Waals surface area contributed by atoms with Crippen molar-refractivity contribution in [3.8, 4) is 0 Å². The highest BCUT2D eigenvalue weighted by Crippen LogP contribution is 2.39. The van der Waals surface area contributed by atoms with Crippen LogP contribution in [0.25, 0.3) is 0 Å². The van der Waals surface area contributed by atoms with E-state index >= 15 is 0 Å². The van der Waals surface area contributed by atoms with Crippen LogP contribution >= 0.6 is 23.1 Å². The molecule has 5 nitrogen and oxygen atoms in total. The lowest BCUT2D eigenvalue weighted by molar-refractivity contribution is -0.125. The average molecular weight is 300 g/mol. The van der Waals surface area contributed by atoms with Gasteiger partial charge in [-0.25, -0.2) is 0 Å². The Morgan fingerprint density at radius 2 is 2.58 bits per heavy atom. The van der Waals surface area contributed by atoms with Crippen LogP contribution in [0.4, 0.5) is 0 Å². The van der Waals surface area contributed by atoms with Gasteiger partial charge in [-0.15, -0.1) is 10.2 Å². The molecule has 2 atom stereocenters. The predicted molar refractivity (Wildman–Crippen MR) is 78.2 cm³/mol. The number of nitrogens with one attached hydrogen (secondary N) is 1. The third-order valence-electron chi connectivity index (χ3n) is 3.78. The Morgan fingerprint density at radius 3 is 3.21 bits per heavy atom. The Morgan fingerprint density at radius 1 is 1.74 bits per heavy atom. The lowest BCUT2D eigenvalue weighted by atomic mass is 9.84. The second-order valence-corrected chi connectivity index (χ2v) is 6.97. The molecule has 106 valence electrons. The van der Waals surface area contributed by atoms with Gasteiger partial charge in [0.2, 0.25) is 5.91 Å². The third-order valence-corrected chi connectivity index (χ3v) is 5.68. The molecule has 3 N–H and O–H groups in total. The van der Waals surface area contributed by atoms with E-state index < -0.39 is 5.54 Å². The Hall–Kier alpha value is -0.660. The van der Waals surface area contributed by atoms with Crippen LogP contribution in [0.5, 0.6) is 0 Å². The van der Waals surface area contributed by atoms with Gasteiger partial charge in [0.25, 0.3) is 0 Å². The van der Waals surface area contributed by atoms with E-state index in [2.05, 4.69) is 15.5 Å². The van der Waals surface area contributed by atoms with Crippen molar-refractivity contribution < 1.29 is 4.79 Å². The lowest BCUT2D eigenvalue weighted by Gasteiger charge is -2.33. The summed E-state index contributed by atoms with van der Waals surface area (Å²) in [7, 11) is 0. The Kier molecular flexibility index (Phi) is 5.18. The zero-order valence-corrected chi connectivity index (χ0v) is 12.7. The maximum Gasteiger partial charge on any atom is 0.238 e. The minimum atomic E-state index is -0.490. The van der Waals surface area contributed by atoms with Gasteiger partial charge in [-0.3, -0.25) is 4.79 Å². The van der Waals surface area contributed by atoms with Gasteiger partial charge < -0.3 is 11.1 Å². The molecule has 1 heterocycles. The van der Waals surface area contributed by atoms with E-state index in [9.17, 15) is 4.79 Å². The first-order chi connectivity index (χ1) is 9.19. The number of carbonyl (C=O) groups excluding carboxylic acids is 1. The molecule has 0 aliphatic heterocycles. The summed E-state index contributed by atoms with van der Waals surface area (Å²) in [6.45, 7) is 2.80. The van der Waals surface area contributed by atoms with Gasteiger partial charge in [0.15, 0.2) is 4.34 Å². The maximum absolute atomic E-state index is 11.8. The first kappa shape index (κ1) is 14.7. The Labute approximate surface area is 121 Å². The molecule has 1 aromatic rings. The molecule has 0 bridgehead atoms. The molecule has 1 fully saturated rings. The summed E-state index contributed by atoms with van der Waals surface area (Å²) >= 11 is 3.26. The number of aromatic nitrogens is 2. The number of nitrogens with two attached hydrogens (primary N) is 1. The molecule has 2 rings (SSSR count). The summed E-state index contributed by atoms with van der Waals surface area (Å²) in [5, 5.41) is 11.2. The van der Waals surface area contributed by atoms with Crippen LogP contribution in [-0.2, 0) is 4.79 Å². The van der Waals surface area contributed by atoms with E-state index in [1.54, 1.807) is 28.6 Å². The molecule has 0 aromatic carbocycles. The highest BCUT2D eigenvalue weighted by molar-refractivity contribution is 8.00. The number of hydrogen-bond donors (Lipinski definition) is 2. The molecule has 2 unspecified atom stereocenters. The van der Waals surface area contributed by atoms with Gasteiger partial charge in [-0.1, -0.05) is 36.4 Å². The van der Waals surface area contributed by atoms with Gasteiger partial charge in [0, 0.05) is 5.75 Å². The van der Waals surface area contributed by atoms with Crippen molar-refractivity contribution in [2.75, 3.05) is 12.3 Å². The zero-order valence-electron chi connectivity index (χ0n) is 11.1.